The maximum Gasteiger partial charge on any atom is 0.251 e. The summed E-state index contributed by atoms with van der Waals surface area (Å²) in [5.74, 6) is 2.04. The number of carbonyl (C=O) groups is 1. The second kappa shape index (κ2) is 8.75. The highest BCUT2D eigenvalue weighted by molar-refractivity contribution is 5.96. The molecular weight excluding hydrogens is 450 g/mol. The van der Waals surface area contributed by atoms with Crippen LogP contribution in [0.25, 0.3) is 22.2 Å². The summed E-state index contributed by atoms with van der Waals surface area (Å²) in [6.45, 7) is 5.07. The van der Waals surface area contributed by atoms with Crippen molar-refractivity contribution in [2.24, 2.45) is 13.0 Å². The Labute approximate surface area is 211 Å². The van der Waals surface area contributed by atoms with Gasteiger partial charge in [0.25, 0.3) is 5.91 Å². The molecule has 36 heavy (non-hydrogen) atoms. The molecule has 1 aliphatic heterocycles. The Morgan fingerprint density at radius 3 is 2.61 bits per heavy atom. The number of benzene rings is 2. The highest BCUT2D eigenvalue weighted by Crippen LogP contribution is 2.37. The van der Waals surface area contributed by atoms with Crippen molar-refractivity contribution in [2.45, 2.75) is 38.8 Å². The number of hydrogen-bond donors (Lipinski definition) is 1. The predicted octanol–water partition coefficient (Wildman–Crippen LogP) is 4.87. The van der Waals surface area contributed by atoms with Crippen molar-refractivity contribution in [1.82, 2.24) is 25.0 Å². The van der Waals surface area contributed by atoms with Gasteiger partial charge in [0.2, 0.25) is 0 Å². The molecule has 2 fully saturated rings. The van der Waals surface area contributed by atoms with Crippen LogP contribution in [-0.4, -0.2) is 51.2 Å². The molecule has 1 amide bonds. The fraction of sp³-hybridized carbons (Fsp3) is 0.345. The number of pyridine rings is 1. The first-order valence-corrected chi connectivity index (χ1v) is 12.5. The standard InChI is InChI=1S/C29H31N5O2/c1-17-11-19(5-7-24(17)29(35)31-27-13-21-12-20(27)16-33(21)3)26-14-23(9-10-30-26)36-22-6-8-25-18(2)32-34(4)28(25)15-22/h5-11,14-15,20-21,27H,12-13,16H2,1-4H3,(H,31,35)/t20-,21-,27-/m0/s1. The van der Waals surface area contributed by atoms with Crippen LogP contribution in [0.1, 0.15) is 34.5 Å². The minimum Gasteiger partial charge on any atom is -0.457 e. The first-order chi connectivity index (χ1) is 17.4. The smallest absolute Gasteiger partial charge is 0.251 e. The fourth-order valence-electron chi connectivity index (χ4n) is 5.93. The number of rotatable bonds is 5. The summed E-state index contributed by atoms with van der Waals surface area (Å²) in [4.78, 5) is 20.0. The van der Waals surface area contributed by atoms with Crippen molar-refractivity contribution in [3.05, 3.63) is 71.5 Å². The fourth-order valence-corrected chi connectivity index (χ4v) is 5.93. The van der Waals surface area contributed by atoms with Crippen molar-refractivity contribution in [2.75, 3.05) is 13.6 Å². The molecule has 7 heteroatoms. The van der Waals surface area contributed by atoms with Gasteiger partial charge in [-0.05, 0) is 75.5 Å². The summed E-state index contributed by atoms with van der Waals surface area (Å²) in [6.07, 6.45) is 3.99. The van der Waals surface area contributed by atoms with Crippen LogP contribution in [0.15, 0.2) is 54.7 Å². The number of fused-ring (bicyclic) bond motifs is 3. The summed E-state index contributed by atoms with van der Waals surface area (Å²) < 4.78 is 8.03. The maximum absolute atomic E-state index is 13.0. The molecule has 4 aromatic rings. The zero-order chi connectivity index (χ0) is 25.0. The number of piperidine rings is 1. The topological polar surface area (TPSA) is 72.3 Å². The molecule has 2 bridgehead atoms. The number of likely N-dealkylation sites (tertiary alicyclic amines) is 1. The van der Waals surface area contributed by atoms with Gasteiger partial charge in [-0.25, -0.2) is 0 Å². The van der Waals surface area contributed by atoms with Crippen LogP contribution in [0.4, 0.5) is 0 Å². The van der Waals surface area contributed by atoms with E-state index in [0.717, 1.165) is 57.7 Å². The lowest BCUT2D eigenvalue weighted by Crippen LogP contribution is -2.44. The molecule has 0 spiro atoms. The average Bonchev–Trinajstić information content (AvgIpc) is 3.51. The first-order valence-electron chi connectivity index (χ1n) is 12.5. The number of nitrogens with one attached hydrogen (secondary N) is 1. The summed E-state index contributed by atoms with van der Waals surface area (Å²) in [6, 6.07) is 16.6. The van der Waals surface area contributed by atoms with Crippen LogP contribution >= 0.6 is 0 Å². The zero-order valence-corrected chi connectivity index (χ0v) is 21.2. The normalized spacial score (nSPS) is 21.3. The average molecular weight is 482 g/mol. The number of aryl methyl sites for hydroxylation is 3. The Morgan fingerprint density at radius 2 is 1.86 bits per heavy atom. The molecule has 3 atom stereocenters. The Bertz CT molecular complexity index is 1470. The van der Waals surface area contributed by atoms with Gasteiger partial charge >= 0.3 is 0 Å². The van der Waals surface area contributed by atoms with Crippen LogP contribution in [-0.2, 0) is 7.05 Å². The first kappa shape index (κ1) is 22.7. The van der Waals surface area contributed by atoms with Gasteiger partial charge in [0.1, 0.15) is 11.5 Å². The monoisotopic (exact) mass is 481 g/mol. The van der Waals surface area contributed by atoms with Crippen LogP contribution in [0.3, 0.4) is 0 Å². The molecule has 0 unspecified atom stereocenters. The Kier molecular flexibility index (Phi) is 5.52. The van der Waals surface area contributed by atoms with E-state index < -0.39 is 0 Å². The van der Waals surface area contributed by atoms with Gasteiger partial charge in [0.05, 0.1) is 16.9 Å². The molecular formula is C29H31N5O2. The molecule has 6 rings (SSSR count). The zero-order valence-electron chi connectivity index (χ0n) is 21.2. The maximum atomic E-state index is 13.0. The van der Waals surface area contributed by atoms with E-state index in [9.17, 15) is 4.79 Å². The number of hydrogen-bond acceptors (Lipinski definition) is 5. The molecule has 2 aliphatic rings. The number of carbonyl (C=O) groups excluding carboxylic acids is 1. The van der Waals surface area contributed by atoms with E-state index in [1.54, 1.807) is 6.20 Å². The van der Waals surface area contributed by atoms with Crippen molar-refractivity contribution in [3.63, 3.8) is 0 Å². The SMILES string of the molecule is Cc1cc(-c2cc(Oc3ccc4c(C)nn(C)c4c3)ccn2)ccc1C(=O)N[C@H]1C[C@@H]2C[C@H]1CN2C. The van der Waals surface area contributed by atoms with Crippen molar-refractivity contribution >= 4 is 16.8 Å². The molecule has 1 aliphatic carbocycles. The quantitative estimate of drug-likeness (QED) is 0.440. The van der Waals surface area contributed by atoms with Gasteiger partial charge in [-0.3, -0.25) is 14.5 Å². The molecule has 2 aromatic heterocycles. The highest BCUT2D eigenvalue weighted by atomic mass is 16.5. The molecule has 0 radical (unpaired) electrons. The number of ether oxygens (including phenoxy) is 1. The summed E-state index contributed by atoms with van der Waals surface area (Å²) >= 11 is 0. The van der Waals surface area contributed by atoms with Gasteiger partial charge in [-0.2, -0.15) is 5.10 Å². The van der Waals surface area contributed by atoms with Gasteiger partial charge in [-0.1, -0.05) is 6.07 Å². The van der Waals surface area contributed by atoms with E-state index in [-0.39, 0.29) is 11.9 Å². The summed E-state index contributed by atoms with van der Waals surface area (Å²) in [5, 5.41) is 8.89. The Balaban J connectivity index is 1.18. The van der Waals surface area contributed by atoms with Crippen LogP contribution in [0.5, 0.6) is 11.5 Å². The van der Waals surface area contributed by atoms with E-state index in [4.69, 9.17) is 4.74 Å². The lowest BCUT2D eigenvalue weighted by molar-refractivity contribution is 0.0912. The van der Waals surface area contributed by atoms with Crippen LogP contribution < -0.4 is 10.1 Å². The van der Waals surface area contributed by atoms with E-state index in [1.165, 1.54) is 6.42 Å². The third kappa shape index (κ3) is 4.03. The second-order valence-electron chi connectivity index (χ2n) is 10.3. The lowest BCUT2D eigenvalue weighted by Gasteiger charge is -2.29. The third-order valence-corrected chi connectivity index (χ3v) is 7.87. The highest BCUT2D eigenvalue weighted by Gasteiger charge is 2.43. The van der Waals surface area contributed by atoms with Gasteiger partial charge in [0, 0.05) is 60.5 Å². The van der Waals surface area contributed by atoms with E-state index in [0.29, 0.717) is 17.7 Å². The van der Waals surface area contributed by atoms with Crippen molar-refractivity contribution in [1.29, 1.82) is 0 Å². The predicted molar refractivity (Wildman–Crippen MR) is 140 cm³/mol. The summed E-state index contributed by atoms with van der Waals surface area (Å²) in [7, 11) is 4.12. The molecule has 1 saturated heterocycles. The minimum atomic E-state index is 0.0186. The van der Waals surface area contributed by atoms with Crippen molar-refractivity contribution < 1.29 is 9.53 Å². The van der Waals surface area contributed by atoms with E-state index >= 15 is 0 Å². The largest absolute Gasteiger partial charge is 0.457 e. The number of amides is 1. The number of nitrogens with zero attached hydrogens (tertiary/aromatic N) is 4. The van der Waals surface area contributed by atoms with E-state index in [2.05, 4.69) is 27.3 Å². The van der Waals surface area contributed by atoms with Crippen LogP contribution in [0, 0.1) is 19.8 Å². The van der Waals surface area contributed by atoms with Crippen LogP contribution in [0.2, 0.25) is 0 Å². The third-order valence-electron chi connectivity index (χ3n) is 7.87. The molecule has 2 aromatic carbocycles. The molecule has 7 nitrogen and oxygen atoms in total. The van der Waals surface area contributed by atoms with E-state index in [1.807, 2.05) is 74.1 Å². The molecule has 184 valence electrons. The van der Waals surface area contributed by atoms with Gasteiger partial charge < -0.3 is 15.0 Å². The van der Waals surface area contributed by atoms with Crippen molar-refractivity contribution in [3.8, 4) is 22.8 Å². The van der Waals surface area contributed by atoms with Gasteiger partial charge in [-0.15, -0.1) is 0 Å². The minimum absolute atomic E-state index is 0.0186. The lowest BCUT2D eigenvalue weighted by atomic mass is 9.99. The Hall–Kier alpha value is -3.71. The Morgan fingerprint density at radius 1 is 1.03 bits per heavy atom. The molecule has 3 heterocycles. The second-order valence-corrected chi connectivity index (χ2v) is 10.3. The summed E-state index contributed by atoms with van der Waals surface area (Å²) in [5.41, 5.74) is 5.45. The molecule has 1 saturated carbocycles. The molecule has 1 N–H and O–H groups in total. The number of aromatic nitrogens is 3. The van der Waals surface area contributed by atoms with Gasteiger partial charge in [0.15, 0.2) is 0 Å².